The van der Waals surface area contributed by atoms with Gasteiger partial charge in [0.2, 0.25) is 0 Å². The monoisotopic (exact) mass is 230 g/mol. The number of nitrogens with zero attached hydrogens (tertiary/aromatic N) is 3. The molecule has 0 amide bonds. The Morgan fingerprint density at radius 2 is 2.20 bits per heavy atom. The van der Waals surface area contributed by atoms with Gasteiger partial charge in [0.25, 0.3) is 0 Å². The number of thioether (sulfide) groups is 1. The Hall–Kier alpha value is -0.590. The predicted molar refractivity (Wildman–Crippen MR) is 60.6 cm³/mol. The highest BCUT2D eigenvalue weighted by molar-refractivity contribution is 7.99. The zero-order chi connectivity index (χ0) is 11.3. The summed E-state index contributed by atoms with van der Waals surface area (Å²) in [4.78, 5) is 0. The van der Waals surface area contributed by atoms with Gasteiger partial charge in [0.05, 0.1) is 12.6 Å². The van der Waals surface area contributed by atoms with Crippen LogP contribution in [0.25, 0.3) is 0 Å². The molecular formula is C9H18N4OS. The molecule has 86 valence electrons. The number of aliphatic hydroxyl groups excluding tert-OH is 1. The maximum absolute atomic E-state index is 9.44. The third kappa shape index (κ3) is 3.19. The molecule has 0 aliphatic carbocycles. The smallest absolute Gasteiger partial charge is 0.191 e. The minimum atomic E-state index is -0.279. The van der Waals surface area contributed by atoms with E-state index < -0.39 is 0 Å². The summed E-state index contributed by atoms with van der Waals surface area (Å²) in [6.45, 7) is 5.20. The number of hydrogen-bond donors (Lipinski definition) is 2. The van der Waals surface area contributed by atoms with Crippen LogP contribution in [-0.2, 0) is 13.1 Å². The molecule has 0 saturated heterocycles. The Kier molecular flexibility index (Phi) is 5.07. The first-order valence-corrected chi connectivity index (χ1v) is 6.14. The fraction of sp³-hybridized carbons (Fsp3) is 0.778. The molecule has 1 rings (SSSR count). The Labute approximate surface area is 94.1 Å². The number of rotatable bonds is 6. The summed E-state index contributed by atoms with van der Waals surface area (Å²) < 4.78 is 1.98. The van der Waals surface area contributed by atoms with Gasteiger partial charge < -0.3 is 15.4 Å². The molecule has 0 fully saturated rings. The molecule has 1 aromatic heterocycles. The highest BCUT2D eigenvalue weighted by atomic mass is 32.2. The van der Waals surface area contributed by atoms with Crippen LogP contribution in [0.15, 0.2) is 5.16 Å². The van der Waals surface area contributed by atoms with E-state index in [4.69, 9.17) is 5.73 Å². The standard InChI is InChI=1S/C9H18N4OS/c1-3-7(14)6-15-9-12-11-8(5-10)13(9)4-2/h7,14H,3-6,10H2,1-2H3. The molecule has 0 saturated carbocycles. The molecule has 0 aliphatic rings. The third-order valence-electron chi connectivity index (χ3n) is 2.17. The summed E-state index contributed by atoms with van der Waals surface area (Å²) in [5.74, 6) is 1.45. The van der Waals surface area contributed by atoms with E-state index >= 15 is 0 Å². The number of aliphatic hydroxyl groups is 1. The van der Waals surface area contributed by atoms with Crippen molar-refractivity contribution in [3.05, 3.63) is 5.82 Å². The zero-order valence-electron chi connectivity index (χ0n) is 9.18. The lowest BCUT2D eigenvalue weighted by Gasteiger charge is -2.08. The van der Waals surface area contributed by atoms with Gasteiger partial charge in [-0.25, -0.2) is 0 Å². The van der Waals surface area contributed by atoms with E-state index in [1.807, 2.05) is 18.4 Å². The quantitative estimate of drug-likeness (QED) is 0.701. The van der Waals surface area contributed by atoms with Gasteiger partial charge in [0, 0.05) is 12.3 Å². The van der Waals surface area contributed by atoms with E-state index in [-0.39, 0.29) is 6.10 Å². The molecule has 0 radical (unpaired) electrons. The zero-order valence-corrected chi connectivity index (χ0v) is 10.00. The molecule has 5 nitrogen and oxygen atoms in total. The van der Waals surface area contributed by atoms with Gasteiger partial charge in [-0.2, -0.15) is 0 Å². The largest absolute Gasteiger partial charge is 0.392 e. The van der Waals surface area contributed by atoms with Gasteiger partial charge in [-0.1, -0.05) is 18.7 Å². The van der Waals surface area contributed by atoms with E-state index in [1.54, 1.807) is 0 Å². The second-order valence-electron chi connectivity index (χ2n) is 3.22. The van der Waals surface area contributed by atoms with Crippen molar-refractivity contribution in [1.82, 2.24) is 14.8 Å². The highest BCUT2D eigenvalue weighted by Crippen LogP contribution is 2.18. The summed E-state index contributed by atoms with van der Waals surface area (Å²) in [6.07, 6.45) is 0.482. The van der Waals surface area contributed by atoms with Crippen LogP contribution in [0.1, 0.15) is 26.1 Å². The molecule has 1 heterocycles. The summed E-state index contributed by atoms with van der Waals surface area (Å²) in [7, 11) is 0. The van der Waals surface area contributed by atoms with E-state index in [2.05, 4.69) is 10.2 Å². The summed E-state index contributed by atoms with van der Waals surface area (Å²) in [5, 5.41) is 18.3. The number of hydrogen-bond acceptors (Lipinski definition) is 5. The van der Waals surface area contributed by atoms with E-state index in [0.717, 1.165) is 23.9 Å². The Balaban J connectivity index is 2.64. The SMILES string of the molecule is CCC(O)CSc1nnc(CN)n1CC. The lowest BCUT2D eigenvalue weighted by Crippen LogP contribution is -2.10. The molecular weight excluding hydrogens is 212 g/mol. The Morgan fingerprint density at radius 3 is 2.73 bits per heavy atom. The minimum Gasteiger partial charge on any atom is -0.392 e. The molecule has 1 aromatic rings. The van der Waals surface area contributed by atoms with Crippen molar-refractivity contribution >= 4 is 11.8 Å². The average molecular weight is 230 g/mol. The normalized spacial score (nSPS) is 13.1. The molecule has 0 bridgehead atoms. The van der Waals surface area contributed by atoms with Crippen LogP contribution in [-0.4, -0.2) is 31.7 Å². The fourth-order valence-corrected chi connectivity index (χ4v) is 2.25. The van der Waals surface area contributed by atoms with Crippen LogP contribution in [0.3, 0.4) is 0 Å². The van der Waals surface area contributed by atoms with E-state index in [0.29, 0.717) is 12.3 Å². The summed E-state index contributed by atoms with van der Waals surface area (Å²) in [6, 6.07) is 0. The van der Waals surface area contributed by atoms with Crippen molar-refractivity contribution in [3.63, 3.8) is 0 Å². The van der Waals surface area contributed by atoms with Crippen LogP contribution >= 0.6 is 11.8 Å². The van der Waals surface area contributed by atoms with Crippen LogP contribution < -0.4 is 5.73 Å². The second kappa shape index (κ2) is 6.09. The van der Waals surface area contributed by atoms with Crippen molar-refractivity contribution in [1.29, 1.82) is 0 Å². The van der Waals surface area contributed by atoms with Crippen molar-refractivity contribution in [2.75, 3.05) is 5.75 Å². The van der Waals surface area contributed by atoms with Crippen molar-refractivity contribution in [3.8, 4) is 0 Å². The van der Waals surface area contributed by atoms with Crippen molar-refractivity contribution < 1.29 is 5.11 Å². The van der Waals surface area contributed by atoms with Crippen LogP contribution in [0.2, 0.25) is 0 Å². The molecule has 3 N–H and O–H groups in total. The lowest BCUT2D eigenvalue weighted by molar-refractivity contribution is 0.195. The van der Waals surface area contributed by atoms with Crippen LogP contribution in [0.4, 0.5) is 0 Å². The minimum absolute atomic E-state index is 0.279. The molecule has 15 heavy (non-hydrogen) atoms. The van der Waals surface area contributed by atoms with Crippen molar-refractivity contribution in [2.45, 2.75) is 44.6 Å². The van der Waals surface area contributed by atoms with Crippen LogP contribution in [0, 0.1) is 0 Å². The van der Waals surface area contributed by atoms with E-state index in [1.165, 1.54) is 11.8 Å². The Morgan fingerprint density at radius 1 is 1.47 bits per heavy atom. The maximum atomic E-state index is 9.44. The molecule has 0 aromatic carbocycles. The molecule has 1 unspecified atom stereocenters. The fourth-order valence-electron chi connectivity index (χ4n) is 1.18. The second-order valence-corrected chi connectivity index (χ2v) is 4.21. The predicted octanol–water partition coefficient (Wildman–Crippen LogP) is 0.620. The highest BCUT2D eigenvalue weighted by Gasteiger charge is 2.11. The summed E-state index contributed by atoms with van der Waals surface area (Å²) >= 11 is 1.52. The van der Waals surface area contributed by atoms with Gasteiger partial charge in [-0.15, -0.1) is 10.2 Å². The average Bonchev–Trinajstić information content (AvgIpc) is 2.67. The maximum Gasteiger partial charge on any atom is 0.191 e. The Bertz CT molecular complexity index is 302. The molecule has 6 heteroatoms. The molecule has 1 atom stereocenters. The first-order chi connectivity index (χ1) is 7.22. The van der Waals surface area contributed by atoms with Gasteiger partial charge in [0.1, 0.15) is 5.82 Å². The van der Waals surface area contributed by atoms with Gasteiger partial charge in [-0.05, 0) is 13.3 Å². The summed E-state index contributed by atoms with van der Waals surface area (Å²) in [5.41, 5.74) is 5.54. The number of aromatic nitrogens is 3. The third-order valence-corrected chi connectivity index (χ3v) is 3.28. The van der Waals surface area contributed by atoms with Crippen molar-refractivity contribution in [2.24, 2.45) is 5.73 Å². The first-order valence-electron chi connectivity index (χ1n) is 5.15. The van der Waals surface area contributed by atoms with Gasteiger partial charge in [0.15, 0.2) is 5.16 Å². The van der Waals surface area contributed by atoms with Crippen LogP contribution in [0.5, 0.6) is 0 Å². The van der Waals surface area contributed by atoms with Gasteiger partial charge >= 0.3 is 0 Å². The first kappa shape index (κ1) is 12.5. The molecule has 0 aliphatic heterocycles. The lowest BCUT2D eigenvalue weighted by atomic mass is 10.3. The van der Waals surface area contributed by atoms with Gasteiger partial charge in [-0.3, -0.25) is 0 Å². The molecule has 0 spiro atoms. The topological polar surface area (TPSA) is 77.0 Å². The number of nitrogens with two attached hydrogens (primary N) is 1. The van der Waals surface area contributed by atoms with E-state index in [9.17, 15) is 5.11 Å².